The molecule has 0 bridgehead atoms. The van der Waals surface area contributed by atoms with Gasteiger partial charge in [0.15, 0.2) is 11.5 Å². The fraction of sp³-hybridized carbons (Fsp3) is 0.190. The van der Waals surface area contributed by atoms with E-state index >= 15 is 0 Å². The first-order valence-electron chi connectivity index (χ1n) is 8.94. The lowest BCUT2D eigenvalue weighted by molar-refractivity contribution is 0.0949. The molecule has 1 amide bonds. The second kappa shape index (κ2) is 9.50. The maximum atomic E-state index is 13.7. The fourth-order valence-electron chi connectivity index (χ4n) is 2.68. The van der Waals surface area contributed by atoms with E-state index in [1.54, 1.807) is 32.4 Å². The second-order valence-electron chi connectivity index (χ2n) is 6.07. The first kappa shape index (κ1) is 20.1. The second-order valence-corrected chi connectivity index (χ2v) is 6.07. The van der Waals surface area contributed by atoms with Gasteiger partial charge in [0.1, 0.15) is 11.5 Å². The van der Waals surface area contributed by atoms with Crippen molar-refractivity contribution in [3.8, 4) is 11.5 Å². The Morgan fingerprint density at radius 1 is 1.07 bits per heavy atom. The van der Waals surface area contributed by atoms with Gasteiger partial charge in [-0.15, -0.1) is 0 Å². The predicted molar refractivity (Wildman–Crippen MR) is 107 cm³/mol. The number of aromatic nitrogens is 2. The quantitative estimate of drug-likeness (QED) is 0.607. The first-order chi connectivity index (χ1) is 14.1. The average molecular weight is 396 g/mol. The number of para-hydroxylation sites is 1. The van der Waals surface area contributed by atoms with E-state index in [9.17, 15) is 9.18 Å². The number of amides is 1. The smallest absolute Gasteiger partial charge is 0.270 e. The van der Waals surface area contributed by atoms with Crippen LogP contribution in [0.3, 0.4) is 0 Å². The Kier molecular flexibility index (Phi) is 6.57. The lowest BCUT2D eigenvalue weighted by atomic mass is 10.1. The summed E-state index contributed by atoms with van der Waals surface area (Å²) >= 11 is 0. The third-order valence-electron chi connectivity index (χ3n) is 4.16. The van der Waals surface area contributed by atoms with Gasteiger partial charge in [0.05, 0.1) is 19.9 Å². The standard InChI is InChI=1S/C21H21FN4O3/c1-28-18-8-7-14(13-19(18)29-2)9-11-23-20(27)17-10-12-24-21(26-17)25-16-6-4-3-5-15(16)22/h3-8,10,12-13H,9,11H2,1-2H3,(H,23,27)(H,24,25,26). The van der Waals surface area contributed by atoms with E-state index in [-0.39, 0.29) is 23.2 Å². The number of rotatable bonds is 8. The molecule has 3 rings (SSSR count). The predicted octanol–water partition coefficient (Wildman–Crippen LogP) is 3.35. The van der Waals surface area contributed by atoms with E-state index in [1.807, 2.05) is 18.2 Å². The number of methoxy groups -OCH3 is 2. The molecule has 0 saturated carbocycles. The van der Waals surface area contributed by atoms with Crippen molar-refractivity contribution < 1.29 is 18.7 Å². The molecule has 7 nitrogen and oxygen atoms in total. The van der Waals surface area contributed by atoms with Gasteiger partial charge in [-0.1, -0.05) is 18.2 Å². The monoisotopic (exact) mass is 396 g/mol. The summed E-state index contributed by atoms with van der Waals surface area (Å²) in [5.74, 6) is 0.653. The Hall–Kier alpha value is -3.68. The van der Waals surface area contributed by atoms with Gasteiger partial charge in [-0.05, 0) is 42.3 Å². The summed E-state index contributed by atoms with van der Waals surface area (Å²) in [5, 5.41) is 5.58. The van der Waals surface area contributed by atoms with Crippen molar-refractivity contribution in [2.24, 2.45) is 0 Å². The summed E-state index contributed by atoms with van der Waals surface area (Å²) in [6.45, 7) is 0.411. The third kappa shape index (κ3) is 5.19. The lowest BCUT2D eigenvalue weighted by Gasteiger charge is -2.10. The van der Waals surface area contributed by atoms with Gasteiger partial charge >= 0.3 is 0 Å². The van der Waals surface area contributed by atoms with Crippen LogP contribution in [-0.4, -0.2) is 36.6 Å². The number of hydrogen-bond acceptors (Lipinski definition) is 6. The van der Waals surface area contributed by atoms with Crippen molar-refractivity contribution in [2.75, 3.05) is 26.1 Å². The lowest BCUT2D eigenvalue weighted by Crippen LogP contribution is -2.26. The molecule has 0 unspecified atom stereocenters. The van der Waals surface area contributed by atoms with Crippen LogP contribution in [0.15, 0.2) is 54.7 Å². The number of carbonyl (C=O) groups excluding carboxylic acids is 1. The van der Waals surface area contributed by atoms with Gasteiger partial charge in [0, 0.05) is 12.7 Å². The molecule has 0 aliphatic heterocycles. The van der Waals surface area contributed by atoms with Gasteiger partial charge < -0.3 is 20.1 Å². The van der Waals surface area contributed by atoms with E-state index in [2.05, 4.69) is 20.6 Å². The normalized spacial score (nSPS) is 10.3. The highest BCUT2D eigenvalue weighted by molar-refractivity contribution is 5.92. The van der Waals surface area contributed by atoms with E-state index in [4.69, 9.17) is 9.47 Å². The molecule has 0 fully saturated rings. The van der Waals surface area contributed by atoms with Crippen LogP contribution in [-0.2, 0) is 6.42 Å². The van der Waals surface area contributed by atoms with Crippen molar-refractivity contribution in [2.45, 2.75) is 6.42 Å². The summed E-state index contributed by atoms with van der Waals surface area (Å²) in [6, 6.07) is 13.3. The SMILES string of the molecule is COc1ccc(CCNC(=O)c2ccnc(Nc3ccccc3F)n2)cc1OC. The van der Waals surface area contributed by atoms with Crippen molar-refractivity contribution >= 4 is 17.5 Å². The molecule has 0 aliphatic rings. The molecule has 2 aromatic carbocycles. The molecular formula is C21H21FN4O3. The average Bonchev–Trinajstić information content (AvgIpc) is 2.75. The molecule has 0 saturated heterocycles. The van der Waals surface area contributed by atoms with Gasteiger partial charge in [-0.25, -0.2) is 14.4 Å². The van der Waals surface area contributed by atoms with Gasteiger partial charge in [0.25, 0.3) is 5.91 Å². The van der Waals surface area contributed by atoms with Crippen molar-refractivity contribution in [1.82, 2.24) is 15.3 Å². The molecule has 150 valence electrons. The maximum Gasteiger partial charge on any atom is 0.270 e. The van der Waals surface area contributed by atoms with Gasteiger partial charge in [0.2, 0.25) is 5.95 Å². The minimum Gasteiger partial charge on any atom is -0.493 e. The fourth-order valence-corrected chi connectivity index (χ4v) is 2.68. The molecule has 8 heteroatoms. The highest BCUT2D eigenvalue weighted by Gasteiger charge is 2.10. The number of benzene rings is 2. The highest BCUT2D eigenvalue weighted by atomic mass is 19.1. The molecule has 0 atom stereocenters. The molecule has 0 spiro atoms. The molecule has 1 aromatic heterocycles. The van der Waals surface area contributed by atoms with E-state index in [1.165, 1.54) is 18.3 Å². The molecule has 3 aromatic rings. The summed E-state index contributed by atoms with van der Waals surface area (Å²) in [6.07, 6.45) is 2.05. The Morgan fingerprint density at radius 3 is 2.62 bits per heavy atom. The van der Waals surface area contributed by atoms with Gasteiger partial charge in [-0.2, -0.15) is 0 Å². The summed E-state index contributed by atoms with van der Waals surface area (Å²) < 4.78 is 24.2. The van der Waals surface area contributed by atoms with Crippen LogP contribution >= 0.6 is 0 Å². The Labute approximate surface area is 167 Å². The maximum absolute atomic E-state index is 13.7. The zero-order chi connectivity index (χ0) is 20.6. The van der Waals surface area contributed by atoms with Crippen LogP contribution in [0.1, 0.15) is 16.1 Å². The summed E-state index contributed by atoms with van der Waals surface area (Å²) in [4.78, 5) is 20.6. The zero-order valence-corrected chi connectivity index (χ0v) is 16.1. The van der Waals surface area contributed by atoms with Crippen molar-refractivity contribution in [1.29, 1.82) is 0 Å². The Balaban J connectivity index is 1.59. The van der Waals surface area contributed by atoms with Crippen LogP contribution in [0.4, 0.5) is 16.0 Å². The number of ether oxygens (including phenoxy) is 2. The van der Waals surface area contributed by atoms with Crippen LogP contribution in [0, 0.1) is 5.82 Å². The number of nitrogens with zero attached hydrogens (tertiary/aromatic N) is 2. The molecule has 1 heterocycles. The molecule has 2 N–H and O–H groups in total. The minimum atomic E-state index is -0.430. The highest BCUT2D eigenvalue weighted by Crippen LogP contribution is 2.27. The van der Waals surface area contributed by atoms with Gasteiger partial charge in [-0.3, -0.25) is 4.79 Å². The largest absolute Gasteiger partial charge is 0.493 e. The van der Waals surface area contributed by atoms with Crippen molar-refractivity contribution in [3.63, 3.8) is 0 Å². The number of carbonyl (C=O) groups is 1. The van der Waals surface area contributed by atoms with Crippen LogP contribution < -0.4 is 20.1 Å². The van der Waals surface area contributed by atoms with Crippen LogP contribution in [0.2, 0.25) is 0 Å². The zero-order valence-electron chi connectivity index (χ0n) is 16.1. The molecule has 0 aliphatic carbocycles. The van der Waals surface area contributed by atoms with Crippen molar-refractivity contribution in [3.05, 3.63) is 71.8 Å². The first-order valence-corrected chi connectivity index (χ1v) is 8.94. The molecular weight excluding hydrogens is 375 g/mol. The Bertz CT molecular complexity index is 997. The number of halogens is 1. The Morgan fingerprint density at radius 2 is 1.86 bits per heavy atom. The van der Waals surface area contributed by atoms with E-state index in [0.717, 1.165) is 5.56 Å². The number of anilines is 2. The third-order valence-corrected chi connectivity index (χ3v) is 4.16. The van der Waals surface area contributed by atoms with E-state index in [0.29, 0.717) is 24.5 Å². The van der Waals surface area contributed by atoms with E-state index < -0.39 is 5.82 Å². The summed E-state index contributed by atoms with van der Waals surface area (Å²) in [7, 11) is 3.15. The minimum absolute atomic E-state index is 0.141. The van der Waals surface area contributed by atoms with Crippen LogP contribution in [0.5, 0.6) is 11.5 Å². The molecule has 29 heavy (non-hydrogen) atoms. The van der Waals surface area contributed by atoms with Crippen LogP contribution in [0.25, 0.3) is 0 Å². The number of hydrogen-bond donors (Lipinski definition) is 2. The number of nitrogens with one attached hydrogen (secondary N) is 2. The molecule has 0 radical (unpaired) electrons. The summed E-state index contributed by atoms with van der Waals surface area (Å²) in [5.41, 5.74) is 1.41. The topological polar surface area (TPSA) is 85.4 Å².